The number of nitrogens with one attached hydrogen (secondary N) is 2. The molecule has 2 aliphatic carbocycles. The standard InChI is InChI=1S/C31H37N7OS/c1-30(2,3)40(39)37-27-22-9-5-4-8-21(22)18-31(27)14-12-20(13-15-31)24-19-33-26-28(34-24)35-36-29(26)38-17-7-10-23-25(38)11-6-16-32-23/h4-6,8-9,11,16,19-20,27,37H,7,10,12-15,17-18H2,1-3H3,(H,34,35,36). The number of hydrogen-bond donors (Lipinski definition) is 2. The van der Waals surface area contributed by atoms with Gasteiger partial charge in [0.2, 0.25) is 0 Å². The number of nitrogens with zero attached hydrogens (tertiary/aromatic N) is 5. The highest BCUT2D eigenvalue weighted by atomic mass is 32.2. The Hall–Kier alpha value is -3.01. The molecule has 2 N–H and O–H groups in total. The average molecular weight is 556 g/mol. The molecule has 3 aliphatic rings. The fourth-order valence-electron chi connectivity index (χ4n) is 7.02. The first-order valence-electron chi connectivity index (χ1n) is 14.5. The Morgan fingerprint density at radius 2 is 1.93 bits per heavy atom. The number of pyridine rings is 1. The largest absolute Gasteiger partial charge is 0.598 e. The van der Waals surface area contributed by atoms with Gasteiger partial charge in [0.25, 0.3) is 0 Å². The van der Waals surface area contributed by atoms with E-state index in [1.54, 1.807) is 0 Å². The van der Waals surface area contributed by atoms with E-state index in [4.69, 9.17) is 9.97 Å². The molecular weight excluding hydrogens is 518 g/mol. The predicted molar refractivity (Wildman–Crippen MR) is 159 cm³/mol. The molecule has 7 rings (SSSR count). The van der Waals surface area contributed by atoms with Crippen LogP contribution in [0.1, 0.15) is 87.3 Å². The summed E-state index contributed by atoms with van der Waals surface area (Å²) in [6.45, 7) is 7.01. The van der Waals surface area contributed by atoms with E-state index in [2.05, 4.69) is 55.1 Å². The minimum Gasteiger partial charge on any atom is -0.598 e. The number of H-pyrrole nitrogens is 1. The van der Waals surface area contributed by atoms with Gasteiger partial charge in [0, 0.05) is 36.2 Å². The topological polar surface area (TPSA) is 106 Å². The van der Waals surface area contributed by atoms with Gasteiger partial charge in [-0.2, -0.15) is 5.10 Å². The summed E-state index contributed by atoms with van der Waals surface area (Å²) in [6.07, 6.45) is 11.1. The van der Waals surface area contributed by atoms with Gasteiger partial charge in [0.1, 0.15) is 4.75 Å². The van der Waals surface area contributed by atoms with E-state index in [1.807, 2.05) is 39.2 Å². The molecule has 4 aromatic rings. The van der Waals surface area contributed by atoms with Crippen molar-refractivity contribution >= 4 is 34.0 Å². The molecule has 0 amide bonds. The van der Waals surface area contributed by atoms with Crippen LogP contribution in [0.3, 0.4) is 0 Å². The molecule has 2 atom stereocenters. The van der Waals surface area contributed by atoms with Crippen LogP contribution in [0.2, 0.25) is 0 Å². The van der Waals surface area contributed by atoms with E-state index < -0.39 is 11.4 Å². The minimum absolute atomic E-state index is 0.0788. The third-order valence-electron chi connectivity index (χ3n) is 9.18. The van der Waals surface area contributed by atoms with Crippen LogP contribution in [0.5, 0.6) is 0 Å². The Morgan fingerprint density at radius 3 is 2.75 bits per heavy atom. The highest BCUT2D eigenvalue weighted by Gasteiger charge is 2.50. The number of benzene rings is 1. The van der Waals surface area contributed by atoms with E-state index >= 15 is 0 Å². The Labute approximate surface area is 238 Å². The van der Waals surface area contributed by atoms with Gasteiger partial charge < -0.3 is 9.45 Å². The molecule has 0 radical (unpaired) electrons. The van der Waals surface area contributed by atoms with Crippen molar-refractivity contribution in [2.75, 3.05) is 11.4 Å². The molecule has 3 aromatic heterocycles. The van der Waals surface area contributed by atoms with Crippen LogP contribution in [0, 0.1) is 5.41 Å². The number of anilines is 2. The van der Waals surface area contributed by atoms with Crippen LogP contribution >= 0.6 is 0 Å². The Kier molecular flexibility index (Phi) is 6.36. The fourth-order valence-corrected chi connectivity index (χ4v) is 7.96. The molecule has 8 nitrogen and oxygen atoms in total. The van der Waals surface area contributed by atoms with Crippen molar-refractivity contribution in [2.24, 2.45) is 5.41 Å². The summed E-state index contributed by atoms with van der Waals surface area (Å²) in [5.41, 5.74) is 7.61. The van der Waals surface area contributed by atoms with Crippen LogP contribution in [-0.2, 0) is 24.2 Å². The highest BCUT2D eigenvalue weighted by molar-refractivity contribution is 7.90. The number of aryl methyl sites for hydroxylation is 1. The van der Waals surface area contributed by atoms with Crippen molar-refractivity contribution in [1.82, 2.24) is 29.9 Å². The van der Waals surface area contributed by atoms with Crippen molar-refractivity contribution in [2.45, 2.75) is 82.4 Å². The lowest BCUT2D eigenvalue weighted by Gasteiger charge is -2.42. The Morgan fingerprint density at radius 1 is 1.10 bits per heavy atom. The van der Waals surface area contributed by atoms with Crippen LogP contribution in [0.15, 0.2) is 48.8 Å². The van der Waals surface area contributed by atoms with Crippen molar-refractivity contribution < 1.29 is 4.55 Å². The molecule has 1 aliphatic heterocycles. The number of rotatable bonds is 4. The van der Waals surface area contributed by atoms with Crippen LogP contribution in [0.25, 0.3) is 11.2 Å². The van der Waals surface area contributed by atoms with Gasteiger partial charge in [-0.15, -0.1) is 4.72 Å². The van der Waals surface area contributed by atoms with Crippen molar-refractivity contribution in [3.8, 4) is 0 Å². The van der Waals surface area contributed by atoms with Gasteiger partial charge in [-0.25, -0.2) is 9.97 Å². The molecule has 4 heterocycles. The molecule has 2 unspecified atom stereocenters. The number of fused-ring (bicyclic) bond motifs is 3. The summed E-state index contributed by atoms with van der Waals surface area (Å²) in [6, 6.07) is 12.9. The van der Waals surface area contributed by atoms with Gasteiger partial charge in [-0.1, -0.05) is 24.3 Å². The van der Waals surface area contributed by atoms with E-state index in [1.165, 1.54) is 11.1 Å². The summed E-state index contributed by atoms with van der Waals surface area (Å²) in [5.74, 6) is 1.18. The number of aromatic amines is 1. The zero-order chi connectivity index (χ0) is 27.5. The van der Waals surface area contributed by atoms with Crippen LogP contribution in [0.4, 0.5) is 11.5 Å². The zero-order valence-electron chi connectivity index (χ0n) is 23.5. The smallest absolute Gasteiger partial charge is 0.183 e. The van der Waals surface area contributed by atoms with Crippen LogP contribution in [-0.4, -0.2) is 41.0 Å². The number of hydrogen-bond acceptors (Lipinski definition) is 7. The molecule has 1 saturated carbocycles. The normalized spacial score (nSPS) is 25.2. The summed E-state index contributed by atoms with van der Waals surface area (Å²) in [5, 5.41) is 7.82. The summed E-state index contributed by atoms with van der Waals surface area (Å²) >= 11 is -1.13. The lowest BCUT2D eigenvalue weighted by atomic mass is 9.66. The van der Waals surface area contributed by atoms with Crippen molar-refractivity contribution in [1.29, 1.82) is 0 Å². The molecule has 9 heteroatoms. The molecule has 1 aromatic carbocycles. The SMILES string of the molecule is CC(C)(C)[S+]([O-])NC1c2ccccc2CC12CCC(c1cnc3c(N4CCCc5ncccc54)n[nH]c3n1)CC2. The second kappa shape index (κ2) is 9.82. The first kappa shape index (κ1) is 25.9. The minimum atomic E-state index is -1.13. The predicted octanol–water partition coefficient (Wildman–Crippen LogP) is 5.83. The molecular formula is C31H37N7OS. The highest BCUT2D eigenvalue weighted by Crippen LogP contribution is 2.56. The maximum atomic E-state index is 13.2. The molecule has 0 saturated heterocycles. The van der Waals surface area contributed by atoms with Gasteiger partial charge in [0.05, 0.1) is 23.1 Å². The Bertz CT molecular complexity index is 1540. The summed E-state index contributed by atoms with van der Waals surface area (Å²) in [7, 11) is 0. The third-order valence-corrected chi connectivity index (χ3v) is 10.7. The zero-order valence-corrected chi connectivity index (χ0v) is 24.3. The van der Waals surface area contributed by atoms with E-state index in [9.17, 15) is 4.55 Å². The summed E-state index contributed by atoms with van der Waals surface area (Å²) < 4.78 is 16.5. The maximum absolute atomic E-state index is 13.2. The molecule has 208 valence electrons. The first-order valence-corrected chi connectivity index (χ1v) is 15.7. The monoisotopic (exact) mass is 555 g/mol. The quantitative estimate of drug-likeness (QED) is 0.305. The van der Waals surface area contributed by atoms with E-state index in [0.29, 0.717) is 5.92 Å². The maximum Gasteiger partial charge on any atom is 0.183 e. The lowest BCUT2D eigenvalue weighted by Crippen LogP contribution is -2.46. The van der Waals surface area contributed by atoms with E-state index in [-0.39, 0.29) is 16.2 Å². The van der Waals surface area contributed by atoms with Gasteiger partial charge >= 0.3 is 0 Å². The lowest BCUT2D eigenvalue weighted by molar-refractivity contribution is 0.139. The Balaban J connectivity index is 1.12. The van der Waals surface area contributed by atoms with Gasteiger partial charge in [0.15, 0.2) is 17.0 Å². The fraction of sp³-hybridized carbons (Fsp3) is 0.484. The van der Waals surface area contributed by atoms with Crippen molar-refractivity contribution in [3.05, 3.63) is 71.3 Å². The molecule has 1 fully saturated rings. The summed E-state index contributed by atoms with van der Waals surface area (Å²) in [4.78, 5) is 16.7. The number of aromatic nitrogens is 5. The van der Waals surface area contributed by atoms with Crippen molar-refractivity contribution in [3.63, 3.8) is 0 Å². The van der Waals surface area contributed by atoms with Crippen LogP contribution < -0.4 is 9.62 Å². The second-order valence-corrected chi connectivity index (χ2v) is 14.7. The van der Waals surface area contributed by atoms with E-state index in [0.717, 1.165) is 85.5 Å². The first-order chi connectivity index (χ1) is 19.3. The molecule has 0 bridgehead atoms. The van der Waals surface area contributed by atoms with Gasteiger partial charge in [-0.05, 0) is 94.4 Å². The van der Waals surface area contributed by atoms with Gasteiger partial charge in [-0.3, -0.25) is 10.1 Å². The molecule has 40 heavy (non-hydrogen) atoms. The third kappa shape index (κ3) is 4.39. The second-order valence-electron chi connectivity index (χ2n) is 12.7. The molecule has 1 spiro atoms. The average Bonchev–Trinajstić information content (AvgIpc) is 3.51.